The lowest BCUT2D eigenvalue weighted by Crippen LogP contribution is -1.99. The first kappa shape index (κ1) is 18.1. The molecule has 0 aliphatic rings. The Balaban J connectivity index is 0.000000156. The predicted octanol–water partition coefficient (Wildman–Crippen LogP) is 5.30. The third kappa shape index (κ3) is 4.50. The molecule has 0 saturated heterocycles. The summed E-state index contributed by atoms with van der Waals surface area (Å²) in [5.74, 6) is -0.631. The molecule has 0 spiro atoms. The Morgan fingerprint density at radius 3 is 2.11 bits per heavy atom. The molecule has 27 heavy (non-hydrogen) atoms. The molecule has 0 aliphatic heterocycles. The average Bonchev–Trinajstić information content (AvgIpc) is 2.69. The molecule has 0 bridgehead atoms. The fourth-order valence-corrected chi connectivity index (χ4v) is 2.70. The zero-order valence-electron chi connectivity index (χ0n) is 14.8. The van der Waals surface area contributed by atoms with Crippen molar-refractivity contribution in [1.82, 2.24) is 4.98 Å². The monoisotopic (exact) mass is 357 g/mol. The molecule has 4 rings (SSSR count). The maximum atomic E-state index is 10.9. The highest BCUT2D eigenvalue weighted by molar-refractivity contribution is 6.01. The molecule has 0 aliphatic carbocycles. The number of para-hydroxylation sites is 1. The number of carboxylic acids is 1. The van der Waals surface area contributed by atoms with E-state index in [1.165, 1.54) is 5.56 Å². The molecule has 1 heterocycles. The van der Waals surface area contributed by atoms with Gasteiger partial charge in [0.2, 0.25) is 0 Å². The summed E-state index contributed by atoms with van der Waals surface area (Å²) in [6.45, 7) is 1.85. The molecular weight excluding hydrogens is 338 g/mol. The predicted molar refractivity (Wildman–Crippen MR) is 107 cm³/mol. The largest absolute Gasteiger partial charge is 0.508 e. The number of rotatable bonds is 2. The van der Waals surface area contributed by atoms with Crippen LogP contribution in [0.2, 0.25) is 0 Å². The Bertz CT molecular complexity index is 1060. The van der Waals surface area contributed by atoms with Crippen molar-refractivity contribution in [1.29, 1.82) is 0 Å². The molecular formula is C23H19NO3. The second kappa shape index (κ2) is 8.15. The molecule has 4 heteroatoms. The van der Waals surface area contributed by atoms with Gasteiger partial charge in [0.15, 0.2) is 0 Å². The number of pyridine rings is 1. The minimum Gasteiger partial charge on any atom is -0.508 e. The van der Waals surface area contributed by atoms with Crippen molar-refractivity contribution in [2.24, 2.45) is 0 Å². The number of hydrogen-bond donors (Lipinski definition) is 2. The van der Waals surface area contributed by atoms with E-state index in [1.807, 2.05) is 67.6 Å². The van der Waals surface area contributed by atoms with E-state index in [4.69, 9.17) is 10.2 Å². The second-order valence-electron chi connectivity index (χ2n) is 6.05. The van der Waals surface area contributed by atoms with E-state index in [0.29, 0.717) is 11.3 Å². The zero-order chi connectivity index (χ0) is 19.2. The van der Waals surface area contributed by atoms with Crippen LogP contribution >= 0.6 is 0 Å². The molecule has 4 nitrogen and oxygen atoms in total. The smallest absolute Gasteiger partial charge is 0.337 e. The normalized spacial score (nSPS) is 10.1. The van der Waals surface area contributed by atoms with E-state index < -0.39 is 5.97 Å². The minimum absolute atomic E-state index is 0.256. The van der Waals surface area contributed by atoms with E-state index in [-0.39, 0.29) is 5.56 Å². The lowest BCUT2D eigenvalue weighted by molar-refractivity contribution is 0.0699. The quantitative estimate of drug-likeness (QED) is 0.511. The van der Waals surface area contributed by atoms with Crippen molar-refractivity contribution in [2.45, 2.75) is 6.92 Å². The van der Waals surface area contributed by atoms with Crippen LogP contribution in [0.3, 0.4) is 0 Å². The topological polar surface area (TPSA) is 70.4 Å². The van der Waals surface area contributed by atoms with Gasteiger partial charge in [0, 0.05) is 11.1 Å². The molecule has 4 aromatic rings. The highest BCUT2D eigenvalue weighted by Crippen LogP contribution is 2.21. The lowest BCUT2D eigenvalue weighted by atomic mass is 10.1. The van der Waals surface area contributed by atoms with E-state index >= 15 is 0 Å². The average molecular weight is 357 g/mol. The van der Waals surface area contributed by atoms with Gasteiger partial charge in [-0.3, -0.25) is 4.98 Å². The highest BCUT2D eigenvalue weighted by Gasteiger charge is 2.08. The number of phenolic OH excluding ortho intramolecular Hbond substituents is 1. The molecule has 0 atom stereocenters. The van der Waals surface area contributed by atoms with Crippen LogP contribution in [0.15, 0.2) is 84.9 Å². The Morgan fingerprint density at radius 1 is 0.778 bits per heavy atom. The first-order valence-electron chi connectivity index (χ1n) is 8.49. The Morgan fingerprint density at radius 2 is 1.44 bits per heavy atom. The summed E-state index contributed by atoms with van der Waals surface area (Å²) in [7, 11) is 0. The zero-order valence-corrected chi connectivity index (χ0v) is 14.8. The van der Waals surface area contributed by atoms with Crippen LogP contribution in [-0.2, 0) is 0 Å². The molecule has 0 fully saturated rings. The number of aromatic nitrogens is 1. The van der Waals surface area contributed by atoms with E-state index in [0.717, 1.165) is 16.6 Å². The number of carboxylic acid groups (broad SMARTS) is 1. The van der Waals surface area contributed by atoms with Gasteiger partial charge < -0.3 is 10.2 Å². The number of benzene rings is 3. The van der Waals surface area contributed by atoms with Gasteiger partial charge >= 0.3 is 5.97 Å². The van der Waals surface area contributed by atoms with Crippen LogP contribution < -0.4 is 0 Å². The van der Waals surface area contributed by atoms with Crippen LogP contribution in [0.4, 0.5) is 0 Å². The van der Waals surface area contributed by atoms with Gasteiger partial charge in [-0.05, 0) is 42.3 Å². The summed E-state index contributed by atoms with van der Waals surface area (Å²) in [4.78, 5) is 15.1. The van der Waals surface area contributed by atoms with Gasteiger partial charge in [-0.2, -0.15) is 0 Å². The SMILES string of the molecule is Cc1ccc2cccc(C(=O)O)c2n1.Oc1ccc(-c2ccccc2)cc1. The third-order valence-electron chi connectivity index (χ3n) is 4.06. The second-order valence-corrected chi connectivity index (χ2v) is 6.05. The molecule has 3 aromatic carbocycles. The maximum Gasteiger partial charge on any atom is 0.337 e. The summed E-state index contributed by atoms with van der Waals surface area (Å²) < 4.78 is 0. The fraction of sp³-hybridized carbons (Fsp3) is 0.0435. The van der Waals surface area contributed by atoms with Gasteiger partial charge in [0.25, 0.3) is 0 Å². The Hall–Kier alpha value is -3.66. The molecule has 2 N–H and O–H groups in total. The van der Waals surface area contributed by atoms with Crippen LogP contribution in [0.25, 0.3) is 22.0 Å². The van der Waals surface area contributed by atoms with Crippen LogP contribution in [0.5, 0.6) is 5.75 Å². The Kier molecular flexibility index (Phi) is 5.47. The van der Waals surface area contributed by atoms with Crippen LogP contribution in [0.1, 0.15) is 16.1 Å². The summed E-state index contributed by atoms with van der Waals surface area (Å²) >= 11 is 0. The van der Waals surface area contributed by atoms with Crippen molar-refractivity contribution in [3.63, 3.8) is 0 Å². The summed E-state index contributed by atoms with van der Waals surface area (Å²) in [6.07, 6.45) is 0. The number of fused-ring (bicyclic) bond motifs is 1. The minimum atomic E-state index is -0.936. The van der Waals surface area contributed by atoms with E-state index in [9.17, 15) is 4.79 Å². The first-order valence-corrected chi connectivity index (χ1v) is 8.49. The summed E-state index contributed by atoms with van der Waals surface area (Å²) in [5, 5.41) is 18.9. The van der Waals surface area contributed by atoms with Gasteiger partial charge in [-0.1, -0.05) is 60.7 Å². The highest BCUT2D eigenvalue weighted by atomic mass is 16.4. The van der Waals surface area contributed by atoms with Gasteiger partial charge in [-0.25, -0.2) is 4.79 Å². The number of aromatic carboxylic acids is 1. The fourth-order valence-electron chi connectivity index (χ4n) is 2.70. The number of phenols is 1. The van der Waals surface area contributed by atoms with Crippen LogP contribution in [0, 0.1) is 6.92 Å². The van der Waals surface area contributed by atoms with Crippen molar-refractivity contribution >= 4 is 16.9 Å². The van der Waals surface area contributed by atoms with Gasteiger partial charge in [0.1, 0.15) is 5.75 Å². The number of hydrogen-bond acceptors (Lipinski definition) is 3. The summed E-state index contributed by atoms with van der Waals surface area (Å²) in [5.41, 5.74) is 3.93. The number of carbonyl (C=O) groups is 1. The van der Waals surface area contributed by atoms with Gasteiger partial charge in [-0.15, -0.1) is 0 Å². The maximum absolute atomic E-state index is 10.9. The van der Waals surface area contributed by atoms with Crippen molar-refractivity contribution in [2.75, 3.05) is 0 Å². The van der Waals surface area contributed by atoms with Crippen molar-refractivity contribution in [3.05, 3.63) is 96.2 Å². The van der Waals surface area contributed by atoms with Crippen molar-refractivity contribution < 1.29 is 15.0 Å². The number of nitrogens with zero attached hydrogens (tertiary/aromatic N) is 1. The molecule has 1 aromatic heterocycles. The Labute approximate surface area is 157 Å². The summed E-state index contributed by atoms with van der Waals surface area (Å²) in [6, 6.07) is 26.2. The lowest BCUT2D eigenvalue weighted by Gasteiger charge is -2.01. The standard InChI is InChI=1S/C12H10O.C11H9NO2/c13-12-8-6-11(7-9-12)10-4-2-1-3-5-10;1-7-5-6-8-3-2-4-9(11(13)14)10(8)12-7/h1-9,13H;2-6H,1H3,(H,13,14). The van der Waals surface area contributed by atoms with E-state index in [1.54, 1.807) is 24.3 Å². The molecule has 0 unspecified atom stereocenters. The number of aryl methyl sites for hydroxylation is 1. The third-order valence-corrected chi connectivity index (χ3v) is 4.06. The van der Waals surface area contributed by atoms with E-state index in [2.05, 4.69) is 4.98 Å². The molecule has 0 saturated carbocycles. The first-order chi connectivity index (χ1) is 13.0. The van der Waals surface area contributed by atoms with Gasteiger partial charge in [0.05, 0.1) is 11.1 Å². The van der Waals surface area contributed by atoms with Crippen LogP contribution in [-0.4, -0.2) is 21.2 Å². The van der Waals surface area contributed by atoms with Crippen molar-refractivity contribution in [3.8, 4) is 16.9 Å². The number of aromatic hydroxyl groups is 1. The molecule has 134 valence electrons. The molecule has 0 amide bonds. The molecule has 0 radical (unpaired) electrons.